The Balaban J connectivity index is 1.93. The molecular weight excluding hydrogens is 298 g/mol. The van der Waals surface area contributed by atoms with Crippen molar-refractivity contribution in [2.24, 2.45) is 0 Å². The number of methoxy groups -OCH3 is 1. The number of para-hydroxylation sites is 1. The van der Waals surface area contributed by atoms with Crippen molar-refractivity contribution < 1.29 is 9.53 Å². The fourth-order valence-electron chi connectivity index (χ4n) is 2.20. The Hall–Kier alpha value is -1.95. The average Bonchev–Trinajstić information content (AvgIpc) is 2.84. The maximum Gasteiger partial charge on any atom is 0.234 e. The Bertz CT molecular complexity index is 635. The zero-order valence-electron chi connectivity index (χ0n) is 13.3. The lowest BCUT2D eigenvalue weighted by molar-refractivity contribution is -0.113. The van der Waals surface area contributed by atoms with E-state index in [2.05, 4.69) is 22.4 Å². The SMILES string of the molecule is COc1ccccc1[C@H](C)SCC(=O)Nc1c(C)n[nH]c1C. The molecule has 0 aliphatic carbocycles. The van der Waals surface area contributed by atoms with Crippen LogP contribution in [0.4, 0.5) is 5.69 Å². The highest BCUT2D eigenvalue weighted by molar-refractivity contribution is 8.00. The van der Waals surface area contributed by atoms with Crippen LogP contribution in [0.3, 0.4) is 0 Å². The first kappa shape index (κ1) is 16.4. The summed E-state index contributed by atoms with van der Waals surface area (Å²) in [5.41, 5.74) is 3.54. The van der Waals surface area contributed by atoms with E-state index in [-0.39, 0.29) is 11.2 Å². The summed E-state index contributed by atoms with van der Waals surface area (Å²) < 4.78 is 5.36. The highest BCUT2D eigenvalue weighted by atomic mass is 32.2. The molecule has 0 saturated heterocycles. The van der Waals surface area contributed by atoms with Gasteiger partial charge in [0.25, 0.3) is 0 Å². The summed E-state index contributed by atoms with van der Waals surface area (Å²) in [6.07, 6.45) is 0. The van der Waals surface area contributed by atoms with Crippen LogP contribution < -0.4 is 10.1 Å². The molecule has 1 amide bonds. The van der Waals surface area contributed by atoms with Gasteiger partial charge in [0, 0.05) is 10.8 Å². The molecule has 0 spiro atoms. The van der Waals surface area contributed by atoms with Gasteiger partial charge in [-0.15, -0.1) is 11.8 Å². The summed E-state index contributed by atoms with van der Waals surface area (Å²) in [6.45, 7) is 5.83. The molecule has 0 fully saturated rings. The van der Waals surface area contributed by atoms with Crippen molar-refractivity contribution in [1.82, 2.24) is 10.2 Å². The molecule has 5 nitrogen and oxygen atoms in total. The predicted molar refractivity (Wildman–Crippen MR) is 90.6 cm³/mol. The summed E-state index contributed by atoms with van der Waals surface area (Å²) in [5, 5.41) is 10.0. The Labute approximate surface area is 134 Å². The monoisotopic (exact) mass is 319 g/mol. The molecule has 0 aliphatic heterocycles. The number of rotatable bonds is 6. The van der Waals surface area contributed by atoms with Crippen LogP contribution in [-0.2, 0) is 4.79 Å². The summed E-state index contributed by atoms with van der Waals surface area (Å²) in [7, 11) is 1.66. The molecule has 22 heavy (non-hydrogen) atoms. The summed E-state index contributed by atoms with van der Waals surface area (Å²) >= 11 is 1.58. The quantitative estimate of drug-likeness (QED) is 0.855. The van der Waals surface area contributed by atoms with Gasteiger partial charge in [-0.2, -0.15) is 5.10 Å². The number of aryl methyl sites for hydroxylation is 2. The van der Waals surface area contributed by atoms with Crippen molar-refractivity contribution in [3.05, 3.63) is 41.2 Å². The minimum atomic E-state index is -0.0284. The largest absolute Gasteiger partial charge is 0.496 e. The number of thioether (sulfide) groups is 1. The van der Waals surface area contributed by atoms with Crippen molar-refractivity contribution >= 4 is 23.4 Å². The van der Waals surface area contributed by atoms with Gasteiger partial charge in [-0.3, -0.25) is 9.89 Å². The molecule has 1 aromatic carbocycles. The normalized spacial score (nSPS) is 12.0. The number of anilines is 1. The molecule has 1 atom stereocenters. The number of aromatic amines is 1. The Kier molecular flexibility index (Phi) is 5.49. The number of carbonyl (C=O) groups excluding carboxylic acids is 1. The molecule has 0 radical (unpaired) electrons. The summed E-state index contributed by atoms with van der Waals surface area (Å²) in [4.78, 5) is 12.1. The van der Waals surface area contributed by atoms with E-state index >= 15 is 0 Å². The van der Waals surface area contributed by atoms with Gasteiger partial charge >= 0.3 is 0 Å². The number of aromatic nitrogens is 2. The van der Waals surface area contributed by atoms with E-state index in [9.17, 15) is 4.79 Å². The molecule has 2 aromatic rings. The van der Waals surface area contributed by atoms with Crippen LogP contribution in [0.2, 0.25) is 0 Å². The van der Waals surface area contributed by atoms with E-state index in [1.54, 1.807) is 18.9 Å². The van der Waals surface area contributed by atoms with E-state index in [4.69, 9.17) is 4.74 Å². The van der Waals surface area contributed by atoms with E-state index in [1.807, 2.05) is 38.1 Å². The van der Waals surface area contributed by atoms with Crippen LogP contribution in [0, 0.1) is 13.8 Å². The zero-order chi connectivity index (χ0) is 16.1. The lowest BCUT2D eigenvalue weighted by Crippen LogP contribution is -2.15. The van der Waals surface area contributed by atoms with Gasteiger partial charge in [-0.1, -0.05) is 18.2 Å². The third-order valence-corrected chi connectivity index (χ3v) is 4.62. The third-order valence-electron chi connectivity index (χ3n) is 3.43. The van der Waals surface area contributed by atoms with Crippen LogP contribution in [-0.4, -0.2) is 29.0 Å². The fourth-order valence-corrected chi connectivity index (χ4v) is 3.05. The van der Waals surface area contributed by atoms with E-state index in [0.717, 1.165) is 28.4 Å². The van der Waals surface area contributed by atoms with Crippen molar-refractivity contribution in [3.8, 4) is 5.75 Å². The van der Waals surface area contributed by atoms with Gasteiger partial charge in [0.05, 0.1) is 29.9 Å². The number of H-pyrrole nitrogens is 1. The fraction of sp³-hybridized carbons (Fsp3) is 0.375. The van der Waals surface area contributed by atoms with Crippen molar-refractivity contribution in [3.63, 3.8) is 0 Å². The molecule has 1 heterocycles. The van der Waals surface area contributed by atoms with Crippen LogP contribution in [0.1, 0.15) is 29.1 Å². The zero-order valence-corrected chi connectivity index (χ0v) is 14.1. The predicted octanol–water partition coefficient (Wildman–Crippen LogP) is 3.47. The number of nitrogens with zero attached hydrogens (tertiary/aromatic N) is 1. The summed E-state index contributed by atoms with van der Waals surface area (Å²) in [5.74, 6) is 1.20. The standard InChI is InChI=1S/C16H21N3O2S/c1-10-16(11(2)19-18-10)17-15(20)9-22-12(3)13-7-5-6-8-14(13)21-4/h5-8,12H,9H2,1-4H3,(H,17,20)(H,18,19)/t12-/m0/s1. The number of hydrogen-bond acceptors (Lipinski definition) is 4. The van der Waals surface area contributed by atoms with Gasteiger partial charge in [0.2, 0.25) is 5.91 Å². The summed E-state index contributed by atoms with van der Waals surface area (Å²) in [6, 6.07) is 7.88. The van der Waals surface area contributed by atoms with Gasteiger partial charge in [-0.05, 0) is 26.8 Å². The molecule has 0 bridgehead atoms. The van der Waals surface area contributed by atoms with E-state index < -0.39 is 0 Å². The number of nitrogens with one attached hydrogen (secondary N) is 2. The topological polar surface area (TPSA) is 67.0 Å². The first-order valence-electron chi connectivity index (χ1n) is 7.09. The first-order valence-corrected chi connectivity index (χ1v) is 8.13. The van der Waals surface area contributed by atoms with Crippen LogP contribution in [0.5, 0.6) is 5.75 Å². The second-order valence-corrected chi connectivity index (χ2v) is 6.38. The first-order chi connectivity index (χ1) is 10.5. The van der Waals surface area contributed by atoms with Crippen LogP contribution in [0.15, 0.2) is 24.3 Å². The number of carbonyl (C=O) groups is 1. The second-order valence-electron chi connectivity index (χ2n) is 5.05. The third kappa shape index (κ3) is 3.82. The number of amides is 1. The molecule has 0 unspecified atom stereocenters. The van der Waals surface area contributed by atoms with Crippen molar-refractivity contribution in [1.29, 1.82) is 0 Å². The molecule has 0 aliphatic rings. The van der Waals surface area contributed by atoms with Crippen LogP contribution >= 0.6 is 11.8 Å². The minimum absolute atomic E-state index is 0.0284. The molecule has 6 heteroatoms. The number of hydrogen-bond donors (Lipinski definition) is 2. The Morgan fingerprint density at radius 2 is 2.14 bits per heavy atom. The van der Waals surface area contributed by atoms with Gasteiger partial charge < -0.3 is 10.1 Å². The molecule has 2 rings (SSSR count). The highest BCUT2D eigenvalue weighted by Gasteiger charge is 2.15. The molecule has 1 aromatic heterocycles. The molecule has 2 N–H and O–H groups in total. The van der Waals surface area contributed by atoms with Gasteiger partial charge in [0.1, 0.15) is 5.75 Å². The van der Waals surface area contributed by atoms with Crippen LogP contribution in [0.25, 0.3) is 0 Å². The maximum atomic E-state index is 12.1. The van der Waals surface area contributed by atoms with Crippen molar-refractivity contribution in [2.45, 2.75) is 26.0 Å². The second kappa shape index (κ2) is 7.35. The van der Waals surface area contributed by atoms with E-state index in [1.165, 1.54) is 0 Å². The number of ether oxygens (including phenoxy) is 1. The lowest BCUT2D eigenvalue weighted by atomic mass is 10.1. The molecule has 118 valence electrons. The highest BCUT2D eigenvalue weighted by Crippen LogP contribution is 2.34. The van der Waals surface area contributed by atoms with Crippen molar-refractivity contribution in [2.75, 3.05) is 18.2 Å². The smallest absolute Gasteiger partial charge is 0.234 e. The molecular formula is C16H21N3O2S. The number of benzene rings is 1. The van der Waals surface area contributed by atoms with Gasteiger partial charge in [-0.25, -0.2) is 0 Å². The van der Waals surface area contributed by atoms with E-state index in [0.29, 0.717) is 5.75 Å². The Morgan fingerprint density at radius 3 is 2.77 bits per heavy atom. The average molecular weight is 319 g/mol. The minimum Gasteiger partial charge on any atom is -0.496 e. The maximum absolute atomic E-state index is 12.1. The molecule has 0 saturated carbocycles. The Morgan fingerprint density at radius 1 is 1.41 bits per heavy atom. The lowest BCUT2D eigenvalue weighted by Gasteiger charge is -2.15. The van der Waals surface area contributed by atoms with Gasteiger partial charge in [0.15, 0.2) is 0 Å².